The Bertz CT molecular complexity index is 960. The van der Waals surface area contributed by atoms with Crippen LogP contribution in [0.1, 0.15) is 41.6 Å². The molecule has 0 bridgehead atoms. The van der Waals surface area contributed by atoms with E-state index in [9.17, 15) is 22.0 Å². The van der Waals surface area contributed by atoms with E-state index in [0.717, 1.165) is 25.7 Å². The van der Waals surface area contributed by atoms with Gasteiger partial charge in [-0.3, -0.25) is 4.79 Å². The number of halogens is 2. The van der Waals surface area contributed by atoms with Gasteiger partial charge >= 0.3 is 6.61 Å². The van der Waals surface area contributed by atoms with E-state index in [0.29, 0.717) is 5.56 Å². The van der Waals surface area contributed by atoms with Crippen molar-refractivity contribution >= 4 is 15.9 Å². The molecule has 1 saturated carbocycles. The molecule has 1 aliphatic rings. The number of alkyl halides is 2. The predicted octanol–water partition coefficient (Wildman–Crippen LogP) is 3.44. The van der Waals surface area contributed by atoms with Gasteiger partial charge in [0.15, 0.2) is 0 Å². The molecule has 2 N–H and O–H groups in total. The van der Waals surface area contributed by atoms with Gasteiger partial charge in [-0.15, -0.1) is 0 Å². The zero-order valence-electron chi connectivity index (χ0n) is 15.6. The Morgan fingerprint density at radius 1 is 1.10 bits per heavy atom. The van der Waals surface area contributed by atoms with Crippen LogP contribution in [0.5, 0.6) is 5.75 Å². The summed E-state index contributed by atoms with van der Waals surface area (Å²) in [5.74, 6) is -0.547. The fourth-order valence-electron chi connectivity index (χ4n) is 3.27. The number of nitrogens with one attached hydrogen (secondary N) is 2. The van der Waals surface area contributed by atoms with Gasteiger partial charge in [-0.05, 0) is 37.1 Å². The van der Waals surface area contributed by atoms with Crippen LogP contribution in [0.15, 0.2) is 53.4 Å². The molecule has 9 heteroatoms. The van der Waals surface area contributed by atoms with E-state index < -0.39 is 22.5 Å². The zero-order chi connectivity index (χ0) is 20.9. The van der Waals surface area contributed by atoms with Crippen LogP contribution in [-0.4, -0.2) is 27.0 Å². The molecule has 1 amide bonds. The van der Waals surface area contributed by atoms with Gasteiger partial charge in [0.25, 0.3) is 5.91 Å². The number of para-hydroxylation sites is 1. The number of carbonyl (C=O) groups excluding carboxylic acids is 1. The van der Waals surface area contributed by atoms with Gasteiger partial charge in [0.2, 0.25) is 10.0 Å². The van der Waals surface area contributed by atoms with Gasteiger partial charge in [-0.2, -0.15) is 8.78 Å². The third-order valence-corrected chi connectivity index (χ3v) is 6.23. The third kappa shape index (κ3) is 5.74. The lowest BCUT2D eigenvalue weighted by atomic mass is 10.1. The van der Waals surface area contributed by atoms with Crippen molar-refractivity contribution in [3.8, 4) is 5.75 Å². The van der Waals surface area contributed by atoms with Crippen LogP contribution in [0.2, 0.25) is 0 Å². The average Bonchev–Trinajstić information content (AvgIpc) is 3.19. The van der Waals surface area contributed by atoms with Gasteiger partial charge < -0.3 is 10.1 Å². The summed E-state index contributed by atoms with van der Waals surface area (Å²) in [7, 11) is -3.72. The fourth-order valence-corrected chi connectivity index (χ4v) is 4.62. The monoisotopic (exact) mass is 424 g/mol. The summed E-state index contributed by atoms with van der Waals surface area (Å²) in [6.07, 6.45) is 3.60. The number of rotatable bonds is 8. The van der Waals surface area contributed by atoms with Crippen molar-refractivity contribution in [1.29, 1.82) is 0 Å². The van der Waals surface area contributed by atoms with Crippen molar-refractivity contribution in [3.05, 3.63) is 59.7 Å². The van der Waals surface area contributed by atoms with Crippen LogP contribution >= 0.6 is 0 Å². The van der Waals surface area contributed by atoms with Gasteiger partial charge in [0.1, 0.15) is 5.75 Å². The van der Waals surface area contributed by atoms with Crippen molar-refractivity contribution in [2.75, 3.05) is 0 Å². The molecular formula is C20H22F2N2O4S. The van der Waals surface area contributed by atoms with Gasteiger partial charge in [0.05, 0.1) is 4.90 Å². The highest BCUT2D eigenvalue weighted by molar-refractivity contribution is 7.89. The van der Waals surface area contributed by atoms with Crippen LogP contribution in [0.4, 0.5) is 8.78 Å². The highest BCUT2D eigenvalue weighted by atomic mass is 32.2. The first-order valence-electron chi connectivity index (χ1n) is 9.28. The first kappa shape index (κ1) is 21.2. The average molecular weight is 424 g/mol. The fraction of sp³-hybridized carbons (Fsp3) is 0.350. The number of amides is 1. The molecule has 6 nitrogen and oxygen atoms in total. The summed E-state index contributed by atoms with van der Waals surface area (Å²) in [5.41, 5.74) is 0.541. The molecule has 1 aliphatic carbocycles. The second-order valence-corrected chi connectivity index (χ2v) is 8.51. The van der Waals surface area contributed by atoms with E-state index in [1.807, 2.05) is 0 Å². The topological polar surface area (TPSA) is 84.5 Å². The van der Waals surface area contributed by atoms with Crippen molar-refractivity contribution in [1.82, 2.24) is 10.0 Å². The Balaban J connectivity index is 1.68. The van der Waals surface area contributed by atoms with E-state index in [4.69, 9.17) is 0 Å². The summed E-state index contributed by atoms with van der Waals surface area (Å²) < 4.78 is 57.2. The Labute approximate surface area is 168 Å². The maximum Gasteiger partial charge on any atom is 0.387 e. The minimum Gasteiger partial charge on any atom is -0.434 e. The lowest BCUT2D eigenvalue weighted by molar-refractivity contribution is -0.0504. The smallest absolute Gasteiger partial charge is 0.387 e. The third-order valence-electron chi connectivity index (χ3n) is 4.71. The molecule has 156 valence electrons. The number of hydrogen-bond acceptors (Lipinski definition) is 4. The molecule has 0 atom stereocenters. The minimum atomic E-state index is -3.72. The van der Waals surface area contributed by atoms with E-state index in [1.165, 1.54) is 30.3 Å². The molecule has 0 saturated heterocycles. The first-order chi connectivity index (χ1) is 13.8. The quantitative estimate of drug-likeness (QED) is 0.680. The van der Waals surface area contributed by atoms with Crippen LogP contribution in [0.3, 0.4) is 0 Å². The Kier molecular flexibility index (Phi) is 6.81. The Morgan fingerprint density at radius 3 is 2.55 bits per heavy atom. The standard InChI is InChI=1S/C20H22F2N2O4S/c21-20(22)28-18-11-4-1-6-15(18)13-23-19(25)14-7-5-10-17(12-14)29(26,27)24-16-8-2-3-9-16/h1,4-7,10-12,16,20,24H,2-3,8-9,13H2,(H,23,25). The maximum absolute atomic E-state index is 12.6. The zero-order valence-corrected chi connectivity index (χ0v) is 16.4. The maximum atomic E-state index is 12.6. The molecule has 0 heterocycles. The molecule has 0 spiro atoms. The molecule has 2 aromatic rings. The summed E-state index contributed by atoms with van der Waals surface area (Å²) in [6.45, 7) is -3.01. The first-order valence-corrected chi connectivity index (χ1v) is 10.8. The second-order valence-electron chi connectivity index (χ2n) is 6.80. The number of carbonyl (C=O) groups is 1. The largest absolute Gasteiger partial charge is 0.434 e. The summed E-state index contributed by atoms with van der Waals surface area (Å²) >= 11 is 0. The van der Waals surface area contributed by atoms with Crippen LogP contribution in [0, 0.1) is 0 Å². The Hall–Kier alpha value is -2.52. The minimum absolute atomic E-state index is 0.0125. The second kappa shape index (κ2) is 9.32. The normalized spacial score (nSPS) is 14.9. The van der Waals surface area contributed by atoms with E-state index >= 15 is 0 Å². The molecule has 0 aromatic heterocycles. The van der Waals surface area contributed by atoms with Crippen molar-refractivity contribution in [3.63, 3.8) is 0 Å². The summed E-state index contributed by atoms with van der Waals surface area (Å²) in [6, 6.07) is 11.8. The number of sulfonamides is 1. The SMILES string of the molecule is O=C(NCc1ccccc1OC(F)F)c1cccc(S(=O)(=O)NC2CCCC2)c1. The van der Waals surface area contributed by atoms with E-state index in [2.05, 4.69) is 14.8 Å². The molecule has 0 aliphatic heterocycles. The molecule has 1 fully saturated rings. The van der Waals surface area contributed by atoms with Crippen molar-refractivity contribution < 1.29 is 26.7 Å². The van der Waals surface area contributed by atoms with Crippen molar-refractivity contribution in [2.24, 2.45) is 0 Å². The summed E-state index contributed by atoms with van der Waals surface area (Å²) in [4.78, 5) is 12.5. The van der Waals surface area contributed by atoms with Crippen LogP contribution in [-0.2, 0) is 16.6 Å². The highest BCUT2D eigenvalue weighted by Gasteiger charge is 2.23. The van der Waals surface area contributed by atoms with Crippen molar-refractivity contribution in [2.45, 2.75) is 49.8 Å². The van der Waals surface area contributed by atoms with Gasteiger partial charge in [-0.25, -0.2) is 13.1 Å². The Morgan fingerprint density at radius 2 is 1.83 bits per heavy atom. The van der Waals surface area contributed by atoms with E-state index in [1.54, 1.807) is 18.2 Å². The lowest BCUT2D eigenvalue weighted by Gasteiger charge is -2.14. The predicted molar refractivity (Wildman–Crippen MR) is 103 cm³/mol. The van der Waals surface area contributed by atoms with E-state index in [-0.39, 0.29) is 28.8 Å². The summed E-state index contributed by atoms with van der Waals surface area (Å²) in [5, 5.41) is 2.60. The van der Waals surface area contributed by atoms with Crippen LogP contribution < -0.4 is 14.8 Å². The molecule has 0 radical (unpaired) electrons. The van der Waals surface area contributed by atoms with Gasteiger partial charge in [0, 0.05) is 23.7 Å². The molecular weight excluding hydrogens is 402 g/mol. The molecule has 2 aromatic carbocycles. The highest BCUT2D eigenvalue weighted by Crippen LogP contribution is 2.22. The number of hydrogen-bond donors (Lipinski definition) is 2. The number of benzene rings is 2. The molecule has 0 unspecified atom stereocenters. The lowest BCUT2D eigenvalue weighted by Crippen LogP contribution is -2.32. The van der Waals surface area contributed by atoms with Gasteiger partial charge in [-0.1, -0.05) is 37.1 Å². The molecule has 3 rings (SSSR count). The van der Waals surface area contributed by atoms with Crippen LogP contribution in [0.25, 0.3) is 0 Å². The number of ether oxygens (including phenoxy) is 1. The molecule has 29 heavy (non-hydrogen) atoms.